The number of aromatic nitrogens is 4. The second-order valence-corrected chi connectivity index (χ2v) is 14.6. The number of hydrogen-bond acceptors (Lipinski definition) is 6. The molecular weight excluding hydrogens is 711 g/mol. The van der Waals surface area contributed by atoms with E-state index in [1.807, 2.05) is 60.7 Å². The van der Waals surface area contributed by atoms with Crippen LogP contribution in [0.3, 0.4) is 0 Å². The molecule has 0 aliphatic carbocycles. The fourth-order valence-electron chi connectivity index (χ4n) is 8.55. The van der Waals surface area contributed by atoms with Crippen molar-refractivity contribution in [3.63, 3.8) is 0 Å². The highest BCUT2D eigenvalue weighted by Crippen LogP contribution is 2.51. The molecule has 0 amide bonds. The zero-order chi connectivity index (χ0) is 38.2. The Morgan fingerprint density at radius 1 is 0.379 bits per heavy atom. The van der Waals surface area contributed by atoms with Crippen LogP contribution < -0.4 is 4.90 Å². The van der Waals surface area contributed by atoms with Crippen LogP contribution in [0, 0.1) is 0 Å². The molecule has 0 fully saturated rings. The van der Waals surface area contributed by atoms with E-state index in [1.54, 1.807) is 0 Å². The molecule has 270 valence electrons. The Labute approximate surface area is 333 Å². The number of para-hydroxylation sites is 3. The molecule has 0 atom stereocenters. The lowest BCUT2D eigenvalue weighted by molar-refractivity contribution is 0.669. The summed E-state index contributed by atoms with van der Waals surface area (Å²) >= 11 is 0. The van der Waals surface area contributed by atoms with Gasteiger partial charge in [0.1, 0.15) is 11.2 Å². The third kappa shape index (κ3) is 5.05. The van der Waals surface area contributed by atoms with Gasteiger partial charge in [-0.3, -0.25) is 4.90 Å². The van der Waals surface area contributed by atoms with Gasteiger partial charge in [0.15, 0.2) is 11.6 Å². The first-order chi connectivity index (χ1) is 28.7. The third-order valence-electron chi connectivity index (χ3n) is 11.2. The number of pyridine rings is 1. The van der Waals surface area contributed by atoms with Gasteiger partial charge in [0, 0.05) is 32.7 Å². The van der Waals surface area contributed by atoms with Crippen molar-refractivity contribution >= 4 is 60.9 Å². The van der Waals surface area contributed by atoms with E-state index in [1.165, 1.54) is 11.1 Å². The molecule has 0 unspecified atom stereocenters. The lowest BCUT2D eigenvalue weighted by Crippen LogP contribution is -2.19. The first-order valence-corrected chi connectivity index (χ1v) is 19.4. The molecule has 0 saturated heterocycles. The normalized spacial score (nSPS) is 12.1. The van der Waals surface area contributed by atoms with Gasteiger partial charge in [-0.05, 0) is 70.1 Å². The quantitative estimate of drug-likeness (QED) is 0.164. The second kappa shape index (κ2) is 12.8. The number of furan rings is 1. The summed E-state index contributed by atoms with van der Waals surface area (Å²) in [5.41, 5.74) is 12.7. The molecule has 8 aromatic carbocycles. The average molecular weight is 742 g/mol. The Morgan fingerprint density at radius 2 is 1.00 bits per heavy atom. The van der Waals surface area contributed by atoms with Crippen LogP contribution in [0.25, 0.3) is 99.9 Å². The molecule has 4 heterocycles. The highest BCUT2D eigenvalue weighted by Gasteiger charge is 2.30. The molecule has 11 aromatic rings. The van der Waals surface area contributed by atoms with E-state index in [0.717, 1.165) is 88.5 Å². The highest BCUT2D eigenvalue weighted by molar-refractivity contribution is 6.20. The Balaban J connectivity index is 1.08. The van der Waals surface area contributed by atoms with Crippen LogP contribution in [0.4, 0.5) is 17.3 Å². The van der Waals surface area contributed by atoms with Crippen molar-refractivity contribution in [1.82, 2.24) is 19.9 Å². The van der Waals surface area contributed by atoms with Crippen molar-refractivity contribution < 1.29 is 4.42 Å². The molecule has 12 rings (SSSR count). The van der Waals surface area contributed by atoms with Gasteiger partial charge in [0.25, 0.3) is 0 Å². The number of anilines is 3. The zero-order valence-electron chi connectivity index (χ0n) is 31.0. The van der Waals surface area contributed by atoms with Crippen LogP contribution in [0.15, 0.2) is 192 Å². The number of fused-ring (bicyclic) bond motifs is 7. The van der Waals surface area contributed by atoms with Gasteiger partial charge in [-0.1, -0.05) is 146 Å². The number of rotatable bonds is 5. The maximum Gasteiger partial charge on any atom is 0.238 e. The van der Waals surface area contributed by atoms with Gasteiger partial charge in [0.05, 0.1) is 28.1 Å². The predicted molar refractivity (Wildman–Crippen MR) is 235 cm³/mol. The number of hydrogen-bond donors (Lipinski definition) is 0. The summed E-state index contributed by atoms with van der Waals surface area (Å²) < 4.78 is 6.51. The minimum absolute atomic E-state index is 0.508. The van der Waals surface area contributed by atoms with Gasteiger partial charge in [-0.2, -0.15) is 9.97 Å². The van der Waals surface area contributed by atoms with Crippen LogP contribution in [-0.2, 0) is 0 Å². The molecule has 0 saturated carbocycles. The summed E-state index contributed by atoms with van der Waals surface area (Å²) in [5, 5.41) is 5.31. The second-order valence-electron chi connectivity index (χ2n) is 14.6. The van der Waals surface area contributed by atoms with Gasteiger partial charge < -0.3 is 4.42 Å². The topological polar surface area (TPSA) is 67.9 Å². The molecule has 0 N–H and O–H groups in total. The Bertz CT molecular complexity index is 3410. The van der Waals surface area contributed by atoms with E-state index < -0.39 is 0 Å². The SMILES string of the molecule is c1ccc(-c2cccc(-c3ccc4nc5c6c(cccc6c4c3)N(c3nc(-c4ccccc4)nc(-c4cccc6c4oc4ccccc46)n3)c3ccccc3-5)c2)cc1. The summed E-state index contributed by atoms with van der Waals surface area (Å²) in [6, 6.07) is 65.1. The van der Waals surface area contributed by atoms with Crippen molar-refractivity contribution in [2.45, 2.75) is 0 Å². The smallest absolute Gasteiger partial charge is 0.238 e. The number of benzene rings is 8. The Morgan fingerprint density at radius 3 is 1.88 bits per heavy atom. The monoisotopic (exact) mass is 741 g/mol. The van der Waals surface area contributed by atoms with Crippen molar-refractivity contribution in [2.24, 2.45) is 0 Å². The predicted octanol–water partition coefficient (Wildman–Crippen LogP) is 13.6. The summed E-state index contributed by atoms with van der Waals surface area (Å²) in [5.74, 6) is 1.61. The minimum atomic E-state index is 0.508. The largest absolute Gasteiger partial charge is 0.455 e. The van der Waals surface area contributed by atoms with Crippen molar-refractivity contribution in [3.05, 3.63) is 188 Å². The van der Waals surface area contributed by atoms with Crippen molar-refractivity contribution in [3.8, 4) is 56.3 Å². The first-order valence-electron chi connectivity index (χ1n) is 19.4. The van der Waals surface area contributed by atoms with Crippen molar-refractivity contribution in [2.75, 3.05) is 4.90 Å². The molecule has 58 heavy (non-hydrogen) atoms. The summed E-state index contributed by atoms with van der Waals surface area (Å²) in [6.45, 7) is 0. The van der Waals surface area contributed by atoms with E-state index >= 15 is 0 Å². The maximum absolute atomic E-state index is 6.51. The van der Waals surface area contributed by atoms with Crippen LogP contribution in [-0.4, -0.2) is 19.9 Å². The van der Waals surface area contributed by atoms with Crippen LogP contribution in [0.5, 0.6) is 0 Å². The van der Waals surface area contributed by atoms with Crippen LogP contribution in [0.2, 0.25) is 0 Å². The van der Waals surface area contributed by atoms with E-state index in [2.05, 4.69) is 132 Å². The van der Waals surface area contributed by atoms with E-state index in [4.69, 9.17) is 24.4 Å². The van der Waals surface area contributed by atoms with Gasteiger partial charge in [0.2, 0.25) is 5.95 Å². The van der Waals surface area contributed by atoms with E-state index in [-0.39, 0.29) is 0 Å². The Hall–Kier alpha value is -7.96. The summed E-state index contributed by atoms with van der Waals surface area (Å²) in [6.07, 6.45) is 0. The Kier molecular flexibility index (Phi) is 7.13. The van der Waals surface area contributed by atoms with E-state index in [9.17, 15) is 0 Å². The van der Waals surface area contributed by atoms with Gasteiger partial charge in [-0.25, -0.2) is 9.97 Å². The molecule has 0 bridgehead atoms. The zero-order valence-corrected chi connectivity index (χ0v) is 31.0. The molecular formula is C52H31N5O. The maximum atomic E-state index is 6.51. The molecule has 3 aromatic heterocycles. The van der Waals surface area contributed by atoms with Crippen LogP contribution in [0.1, 0.15) is 0 Å². The molecule has 1 aliphatic heterocycles. The fraction of sp³-hybridized carbons (Fsp3) is 0. The third-order valence-corrected chi connectivity index (χ3v) is 11.2. The molecule has 1 aliphatic rings. The molecule has 0 spiro atoms. The lowest BCUT2D eigenvalue weighted by Gasteiger charge is -2.31. The van der Waals surface area contributed by atoms with Crippen molar-refractivity contribution in [1.29, 1.82) is 0 Å². The standard InChI is InChI=1S/C52H31N5O/c1-3-14-32(15-4-1)34-18-11-19-35(30-34)36-28-29-43-42(31-36)38-22-13-26-45-47(38)48(53-43)40-21-7-9-25-44(40)57(45)52-55-50(33-16-5-2-6-17-33)54-51(56-52)41-24-12-23-39-37-20-8-10-27-46(37)58-49(39)41/h1-31H. The lowest BCUT2D eigenvalue weighted by atomic mass is 9.92. The highest BCUT2D eigenvalue weighted by atomic mass is 16.3. The minimum Gasteiger partial charge on any atom is -0.455 e. The first kappa shape index (κ1) is 32.3. The molecule has 6 heteroatoms. The van der Waals surface area contributed by atoms with Gasteiger partial charge >= 0.3 is 0 Å². The molecule has 0 radical (unpaired) electrons. The number of nitrogens with zero attached hydrogens (tertiary/aromatic N) is 5. The average Bonchev–Trinajstić information content (AvgIpc) is 3.69. The van der Waals surface area contributed by atoms with Crippen LogP contribution >= 0.6 is 0 Å². The molecule has 6 nitrogen and oxygen atoms in total. The summed E-state index contributed by atoms with van der Waals surface area (Å²) in [7, 11) is 0. The summed E-state index contributed by atoms with van der Waals surface area (Å²) in [4.78, 5) is 23.2. The fourth-order valence-corrected chi connectivity index (χ4v) is 8.55. The van der Waals surface area contributed by atoms with E-state index in [0.29, 0.717) is 17.6 Å². The van der Waals surface area contributed by atoms with Gasteiger partial charge in [-0.15, -0.1) is 0 Å².